The molecule has 1 unspecified atom stereocenters. The number of aryl methyl sites for hydroxylation is 2. The van der Waals surface area contributed by atoms with Crippen LogP contribution in [0.5, 0.6) is 5.75 Å². The second-order valence-electron chi connectivity index (χ2n) is 6.08. The van der Waals surface area contributed by atoms with Gasteiger partial charge in [-0.3, -0.25) is 4.72 Å². The summed E-state index contributed by atoms with van der Waals surface area (Å²) in [6.45, 7) is 7.93. The number of aromatic nitrogens is 1. The third-order valence-electron chi connectivity index (χ3n) is 4.10. The van der Waals surface area contributed by atoms with E-state index in [0.29, 0.717) is 11.8 Å². The predicted octanol–water partition coefficient (Wildman–Crippen LogP) is 3.72. The topological polar surface area (TPSA) is 80.3 Å². The summed E-state index contributed by atoms with van der Waals surface area (Å²) in [5.41, 5.74) is 2.69. The van der Waals surface area contributed by atoms with Crippen LogP contribution in [0.15, 0.2) is 35.4 Å². The van der Waals surface area contributed by atoms with Crippen molar-refractivity contribution in [3.63, 3.8) is 0 Å². The van der Waals surface area contributed by atoms with Gasteiger partial charge in [-0.05, 0) is 62.6 Å². The Kier molecular flexibility index (Phi) is 5.89. The van der Waals surface area contributed by atoms with Crippen LogP contribution in [0.3, 0.4) is 0 Å². The molecular formula is C18H25N3O3S. The van der Waals surface area contributed by atoms with E-state index in [9.17, 15) is 8.42 Å². The number of benzene rings is 1. The standard InChI is InChI=1S/C18H25N3O3S/c1-6-14(4)20-15-7-8-18(19-11-15)21-25(22,23)17-10-13(3)12(2)9-16(17)24-5/h7-11,14,20H,6H2,1-5H3,(H,19,21). The number of methoxy groups -OCH3 is 1. The number of sulfonamides is 1. The van der Waals surface area contributed by atoms with Gasteiger partial charge in [0.25, 0.3) is 10.0 Å². The Hall–Kier alpha value is -2.28. The van der Waals surface area contributed by atoms with Gasteiger partial charge in [0.1, 0.15) is 16.5 Å². The minimum atomic E-state index is -3.79. The molecule has 0 bridgehead atoms. The lowest BCUT2D eigenvalue weighted by atomic mass is 10.1. The van der Waals surface area contributed by atoms with E-state index in [0.717, 1.165) is 23.2 Å². The molecular weight excluding hydrogens is 338 g/mol. The van der Waals surface area contributed by atoms with E-state index in [-0.39, 0.29) is 10.7 Å². The fourth-order valence-electron chi connectivity index (χ4n) is 2.25. The minimum absolute atomic E-state index is 0.0988. The van der Waals surface area contributed by atoms with Gasteiger partial charge in [-0.15, -0.1) is 0 Å². The molecule has 0 aliphatic heterocycles. The van der Waals surface area contributed by atoms with E-state index in [1.807, 2.05) is 13.8 Å². The quantitative estimate of drug-likeness (QED) is 0.784. The normalized spacial score (nSPS) is 12.5. The van der Waals surface area contributed by atoms with Crippen LogP contribution in [0.25, 0.3) is 0 Å². The van der Waals surface area contributed by atoms with Gasteiger partial charge in [-0.25, -0.2) is 13.4 Å². The monoisotopic (exact) mass is 363 g/mol. The highest BCUT2D eigenvalue weighted by molar-refractivity contribution is 7.92. The van der Waals surface area contributed by atoms with Crippen LogP contribution in [0.4, 0.5) is 11.5 Å². The molecule has 7 heteroatoms. The van der Waals surface area contributed by atoms with Crippen molar-refractivity contribution in [2.24, 2.45) is 0 Å². The smallest absolute Gasteiger partial charge is 0.266 e. The summed E-state index contributed by atoms with van der Waals surface area (Å²) in [7, 11) is -2.34. The molecule has 0 spiro atoms. The Morgan fingerprint density at radius 3 is 2.44 bits per heavy atom. The molecule has 1 aromatic carbocycles. The predicted molar refractivity (Wildman–Crippen MR) is 101 cm³/mol. The molecule has 0 aliphatic carbocycles. The van der Waals surface area contributed by atoms with E-state index in [1.165, 1.54) is 7.11 Å². The lowest BCUT2D eigenvalue weighted by Gasteiger charge is -2.15. The van der Waals surface area contributed by atoms with E-state index in [2.05, 4.69) is 28.9 Å². The number of anilines is 2. The van der Waals surface area contributed by atoms with Crippen LogP contribution in [-0.2, 0) is 10.0 Å². The fraction of sp³-hybridized carbons (Fsp3) is 0.389. The summed E-state index contributed by atoms with van der Waals surface area (Å²) in [5.74, 6) is 0.570. The summed E-state index contributed by atoms with van der Waals surface area (Å²) in [5, 5.41) is 3.29. The third kappa shape index (κ3) is 4.63. The maximum absolute atomic E-state index is 12.7. The van der Waals surface area contributed by atoms with Crippen molar-refractivity contribution in [1.82, 2.24) is 4.98 Å². The van der Waals surface area contributed by atoms with Crippen molar-refractivity contribution in [3.05, 3.63) is 41.6 Å². The Labute approximate surface area is 149 Å². The molecule has 2 rings (SSSR count). The molecule has 25 heavy (non-hydrogen) atoms. The molecule has 0 fully saturated rings. The van der Waals surface area contributed by atoms with Crippen LogP contribution in [0, 0.1) is 13.8 Å². The number of ether oxygens (including phenoxy) is 1. The third-order valence-corrected chi connectivity index (χ3v) is 5.47. The van der Waals surface area contributed by atoms with Crippen molar-refractivity contribution in [1.29, 1.82) is 0 Å². The molecule has 1 heterocycles. The van der Waals surface area contributed by atoms with Gasteiger partial charge in [-0.1, -0.05) is 6.92 Å². The summed E-state index contributed by atoms with van der Waals surface area (Å²) < 4.78 is 33.1. The highest BCUT2D eigenvalue weighted by Crippen LogP contribution is 2.28. The number of rotatable bonds is 7. The van der Waals surface area contributed by atoms with E-state index < -0.39 is 10.0 Å². The molecule has 2 N–H and O–H groups in total. The van der Waals surface area contributed by atoms with Gasteiger partial charge in [0, 0.05) is 6.04 Å². The second kappa shape index (κ2) is 7.74. The number of hydrogen-bond acceptors (Lipinski definition) is 5. The Morgan fingerprint density at radius 2 is 1.88 bits per heavy atom. The van der Waals surface area contributed by atoms with Crippen molar-refractivity contribution in [2.75, 3.05) is 17.1 Å². The molecule has 0 saturated carbocycles. The van der Waals surface area contributed by atoms with Gasteiger partial charge >= 0.3 is 0 Å². The van der Waals surface area contributed by atoms with Gasteiger partial charge in [0.15, 0.2) is 0 Å². The zero-order valence-electron chi connectivity index (χ0n) is 15.3. The summed E-state index contributed by atoms with van der Waals surface area (Å²) in [6, 6.07) is 7.08. The number of nitrogens with zero attached hydrogens (tertiary/aromatic N) is 1. The molecule has 0 radical (unpaired) electrons. The average Bonchev–Trinajstić information content (AvgIpc) is 2.58. The first-order chi connectivity index (χ1) is 11.8. The molecule has 1 atom stereocenters. The average molecular weight is 363 g/mol. The first-order valence-electron chi connectivity index (χ1n) is 8.17. The number of pyridine rings is 1. The first kappa shape index (κ1) is 19.1. The molecule has 0 saturated heterocycles. The van der Waals surface area contributed by atoms with Crippen molar-refractivity contribution in [2.45, 2.75) is 45.1 Å². The minimum Gasteiger partial charge on any atom is -0.495 e. The van der Waals surface area contributed by atoms with Crippen LogP contribution in [-0.4, -0.2) is 26.6 Å². The zero-order chi connectivity index (χ0) is 18.6. The molecule has 136 valence electrons. The molecule has 0 aliphatic rings. The van der Waals surface area contributed by atoms with E-state index >= 15 is 0 Å². The maximum atomic E-state index is 12.7. The Bertz CT molecular complexity index is 833. The maximum Gasteiger partial charge on any atom is 0.266 e. The summed E-state index contributed by atoms with van der Waals surface area (Å²) in [4.78, 5) is 4.28. The van der Waals surface area contributed by atoms with Gasteiger partial charge in [0.2, 0.25) is 0 Å². The van der Waals surface area contributed by atoms with Gasteiger partial charge in [0.05, 0.1) is 19.0 Å². The Balaban J connectivity index is 2.26. The van der Waals surface area contributed by atoms with E-state index in [1.54, 1.807) is 30.5 Å². The highest BCUT2D eigenvalue weighted by Gasteiger charge is 2.21. The van der Waals surface area contributed by atoms with Crippen LogP contribution in [0.2, 0.25) is 0 Å². The van der Waals surface area contributed by atoms with E-state index in [4.69, 9.17) is 4.74 Å². The van der Waals surface area contributed by atoms with Crippen molar-refractivity contribution < 1.29 is 13.2 Å². The van der Waals surface area contributed by atoms with Crippen molar-refractivity contribution in [3.8, 4) is 5.75 Å². The fourth-order valence-corrected chi connectivity index (χ4v) is 3.50. The van der Waals surface area contributed by atoms with Crippen LogP contribution >= 0.6 is 0 Å². The van der Waals surface area contributed by atoms with Gasteiger partial charge < -0.3 is 10.1 Å². The molecule has 6 nitrogen and oxygen atoms in total. The molecule has 2 aromatic rings. The van der Waals surface area contributed by atoms with Crippen LogP contribution < -0.4 is 14.8 Å². The van der Waals surface area contributed by atoms with Crippen molar-refractivity contribution >= 4 is 21.5 Å². The number of nitrogens with one attached hydrogen (secondary N) is 2. The Morgan fingerprint density at radius 1 is 1.20 bits per heavy atom. The number of hydrogen-bond donors (Lipinski definition) is 2. The lowest BCUT2D eigenvalue weighted by molar-refractivity contribution is 0.402. The summed E-state index contributed by atoms with van der Waals surface area (Å²) in [6.07, 6.45) is 2.60. The first-order valence-corrected chi connectivity index (χ1v) is 9.65. The molecule has 0 amide bonds. The summed E-state index contributed by atoms with van der Waals surface area (Å²) >= 11 is 0. The highest BCUT2D eigenvalue weighted by atomic mass is 32.2. The largest absolute Gasteiger partial charge is 0.495 e. The zero-order valence-corrected chi connectivity index (χ0v) is 16.1. The van der Waals surface area contributed by atoms with Gasteiger partial charge in [-0.2, -0.15) is 0 Å². The SMILES string of the molecule is CCC(C)Nc1ccc(NS(=O)(=O)c2cc(C)c(C)cc2OC)nc1. The molecule has 1 aromatic heterocycles. The van der Waals surface area contributed by atoms with Crippen LogP contribution in [0.1, 0.15) is 31.4 Å². The lowest BCUT2D eigenvalue weighted by Crippen LogP contribution is -2.16. The second-order valence-corrected chi connectivity index (χ2v) is 7.73.